The van der Waals surface area contributed by atoms with Crippen molar-refractivity contribution in [2.24, 2.45) is 10.9 Å². The Morgan fingerprint density at radius 2 is 2.00 bits per heavy atom. The van der Waals surface area contributed by atoms with Crippen LogP contribution in [0.4, 0.5) is 0 Å². The van der Waals surface area contributed by atoms with Crippen LogP contribution >= 0.6 is 0 Å². The zero-order chi connectivity index (χ0) is 13.5. The van der Waals surface area contributed by atoms with Gasteiger partial charge in [-0.3, -0.25) is 4.99 Å². The van der Waals surface area contributed by atoms with Gasteiger partial charge < -0.3 is 0 Å². The van der Waals surface area contributed by atoms with E-state index in [0.29, 0.717) is 5.92 Å². The molecule has 1 rings (SSSR count). The lowest BCUT2D eigenvalue weighted by Crippen LogP contribution is -2.00. The summed E-state index contributed by atoms with van der Waals surface area (Å²) in [6, 6.07) is 0. The minimum absolute atomic E-state index is 0.494. The van der Waals surface area contributed by atoms with Crippen molar-refractivity contribution in [3.8, 4) is 0 Å². The fourth-order valence-electron chi connectivity index (χ4n) is 2.23. The number of allylic oxidation sites excluding steroid dienone is 6. The Bertz CT molecular complexity index is 388. The lowest BCUT2D eigenvalue weighted by Gasteiger charge is -2.14. The van der Waals surface area contributed by atoms with E-state index in [1.54, 1.807) is 0 Å². The van der Waals surface area contributed by atoms with E-state index in [4.69, 9.17) is 4.99 Å². The largest absolute Gasteiger partial charge is 0.262 e. The zero-order valence-electron chi connectivity index (χ0n) is 12.6. The van der Waals surface area contributed by atoms with Gasteiger partial charge in [-0.25, -0.2) is 0 Å². The molecule has 0 N–H and O–H groups in total. The minimum Gasteiger partial charge on any atom is -0.262 e. The van der Waals surface area contributed by atoms with E-state index in [-0.39, 0.29) is 0 Å². The Balaban J connectivity index is 3.12. The third-order valence-electron chi connectivity index (χ3n) is 3.18. The summed E-state index contributed by atoms with van der Waals surface area (Å²) in [4.78, 5) is 4.75. The van der Waals surface area contributed by atoms with Crippen LogP contribution < -0.4 is 0 Å². The fourth-order valence-corrected chi connectivity index (χ4v) is 2.23. The predicted octanol–water partition coefficient (Wildman–Crippen LogP) is 5.45. The normalized spacial score (nSPS) is 19.1. The first-order chi connectivity index (χ1) is 8.54. The molecule has 1 heteroatoms. The third kappa shape index (κ3) is 4.64. The predicted molar refractivity (Wildman–Crippen MR) is 82.0 cm³/mol. The number of hydrogen-bond acceptors (Lipinski definition) is 1. The van der Waals surface area contributed by atoms with Crippen molar-refractivity contribution in [2.75, 3.05) is 0 Å². The average molecular weight is 245 g/mol. The van der Waals surface area contributed by atoms with E-state index in [2.05, 4.69) is 52.8 Å². The second kappa shape index (κ2) is 7.35. The molecular weight excluding hydrogens is 218 g/mol. The lowest BCUT2D eigenvalue weighted by molar-refractivity contribution is 0.725. The Morgan fingerprint density at radius 1 is 1.28 bits per heavy atom. The highest BCUT2D eigenvalue weighted by Crippen LogP contribution is 2.25. The maximum atomic E-state index is 4.75. The van der Waals surface area contributed by atoms with E-state index in [0.717, 1.165) is 18.6 Å². The molecule has 1 aliphatic rings. The third-order valence-corrected chi connectivity index (χ3v) is 3.18. The molecule has 1 nitrogen and oxygen atoms in total. The van der Waals surface area contributed by atoms with E-state index >= 15 is 0 Å². The van der Waals surface area contributed by atoms with Gasteiger partial charge in [0.05, 0.1) is 0 Å². The SMILES string of the molecule is CCC1=CCCC/C(=C(\N=C(C)C)C(C)C)C=C1. The van der Waals surface area contributed by atoms with Crippen LogP contribution in [-0.2, 0) is 0 Å². The minimum atomic E-state index is 0.494. The molecule has 0 spiro atoms. The maximum Gasteiger partial charge on any atom is 0.0460 e. The van der Waals surface area contributed by atoms with Gasteiger partial charge in [0.2, 0.25) is 0 Å². The summed E-state index contributed by atoms with van der Waals surface area (Å²) in [6.07, 6.45) is 11.6. The van der Waals surface area contributed by atoms with Gasteiger partial charge in [-0.05, 0) is 51.0 Å². The molecule has 0 amide bonds. The Kier molecular flexibility index (Phi) is 6.11. The van der Waals surface area contributed by atoms with Crippen molar-refractivity contribution in [2.45, 2.75) is 60.3 Å². The molecule has 0 aromatic heterocycles. The van der Waals surface area contributed by atoms with Crippen LogP contribution in [0.1, 0.15) is 60.3 Å². The summed E-state index contributed by atoms with van der Waals surface area (Å²) in [7, 11) is 0. The van der Waals surface area contributed by atoms with Crippen LogP contribution in [0, 0.1) is 5.92 Å². The van der Waals surface area contributed by atoms with Gasteiger partial charge in [-0.15, -0.1) is 0 Å². The zero-order valence-corrected chi connectivity index (χ0v) is 12.6. The van der Waals surface area contributed by atoms with Gasteiger partial charge in [0.1, 0.15) is 0 Å². The molecule has 0 aromatic rings. The first-order valence-corrected chi connectivity index (χ1v) is 7.16. The number of rotatable bonds is 3. The first-order valence-electron chi connectivity index (χ1n) is 7.16. The molecule has 0 atom stereocenters. The molecule has 0 radical (unpaired) electrons. The van der Waals surface area contributed by atoms with E-state index in [1.165, 1.54) is 29.7 Å². The molecular formula is C17H27N. The van der Waals surface area contributed by atoms with Crippen LogP contribution in [0.5, 0.6) is 0 Å². The van der Waals surface area contributed by atoms with Crippen molar-refractivity contribution in [3.05, 3.63) is 35.1 Å². The van der Waals surface area contributed by atoms with Crippen molar-refractivity contribution < 1.29 is 0 Å². The van der Waals surface area contributed by atoms with Crippen molar-refractivity contribution in [3.63, 3.8) is 0 Å². The maximum absolute atomic E-state index is 4.75. The first kappa shape index (κ1) is 14.9. The van der Waals surface area contributed by atoms with Crippen molar-refractivity contribution >= 4 is 5.71 Å². The highest BCUT2D eigenvalue weighted by molar-refractivity contribution is 5.80. The van der Waals surface area contributed by atoms with Crippen molar-refractivity contribution in [1.29, 1.82) is 0 Å². The molecule has 18 heavy (non-hydrogen) atoms. The molecule has 0 saturated carbocycles. The van der Waals surface area contributed by atoms with Crippen molar-refractivity contribution in [1.82, 2.24) is 0 Å². The molecule has 1 aliphatic carbocycles. The van der Waals surface area contributed by atoms with Crippen LogP contribution in [0.25, 0.3) is 0 Å². The molecule has 0 fully saturated rings. The lowest BCUT2D eigenvalue weighted by atomic mass is 9.96. The second-order valence-corrected chi connectivity index (χ2v) is 5.48. The van der Waals surface area contributed by atoms with Gasteiger partial charge in [-0.1, -0.05) is 44.6 Å². The molecule has 0 aromatic carbocycles. The average Bonchev–Trinajstić information content (AvgIpc) is 2.26. The van der Waals surface area contributed by atoms with Gasteiger partial charge in [0, 0.05) is 11.4 Å². The smallest absolute Gasteiger partial charge is 0.0460 e. The summed E-state index contributed by atoms with van der Waals surface area (Å²) in [5.74, 6) is 0.494. The molecule has 0 bridgehead atoms. The highest BCUT2D eigenvalue weighted by Gasteiger charge is 2.09. The van der Waals surface area contributed by atoms with Gasteiger partial charge in [0.15, 0.2) is 0 Å². The van der Waals surface area contributed by atoms with Crippen LogP contribution in [-0.4, -0.2) is 5.71 Å². The standard InChI is InChI=1S/C17H27N/c1-6-15-9-7-8-10-16(12-11-15)17(13(2)3)18-14(4)5/h9,11-13H,6-8,10H2,1-5H3/b12-11?,15-9?,17-16+. The molecule has 0 heterocycles. The summed E-state index contributed by atoms with van der Waals surface area (Å²) in [5.41, 5.74) is 5.29. The molecule has 0 unspecified atom stereocenters. The van der Waals surface area contributed by atoms with Crippen LogP contribution in [0.3, 0.4) is 0 Å². The van der Waals surface area contributed by atoms with Crippen LogP contribution in [0.2, 0.25) is 0 Å². The van der Waals surface area contributed by atoms with Gasteiger partial charge in [0.25, 0.3) is 0 Å². The van der Waals surface area contributed by atoms with Gasteiger partial charge in [-0.2, -0.15) is 0 Å². The topological polar surface area (TPSA) is 12.4 Å². The second-order valence-electron chi connectivity index (χ2n) is 5.48. The Labute approximate surface area is 112 Å². The quantitative estimate of drug-likeness (QED) is 0.586. The van der Waals surface area contributed by atoms with E-state index < -0.39 is 0 Å². The summed E-state index contributed by atoms with van der Waals surface area (Å²) in [6.45, 7) is 10.8. The summed E-state index contributed by atoms with van der Waals surface area (Å²) in [5, 5.41) is 0. The summed E-state index contributed by atoms with van der Waals surface area (Å²) >= 11 is 0. The molecule has 0 saturated heterocycles. The Morgan fingerprint density at radius 3 is 2.56 bits per heavy atom. The monoisotopic (exact) mass is 245 g/mol. The van der Waals surface area contributed by atoms with Crippen LogP contribution in [0.15, 0.2) is 40.1 Å². The van der Waals surface area contributed by atoms with Gasteiger partial charge >= 0.3 is 0 Å². The number of aliphatic imine (C=N–C) groups is 1. The van der Waals surface area contributed by atoms with E-state index in [9.17, 15) is 0 Å². The molecule has 100 valence electrons. The summed E-state index contributed by atoms with van der Waals surface area (Å²) < 4.78 is 0. The molecule has 0 aliphatic heterocycles. The fraction of sp³-hybridized carbons (Fsp3) is 0.588. The Hall–Kier alpha value is -1.11. The van der Waals surface area contributed by atoms with E-state index in [1.807, 2.05) is 0 Å². The number of nitrogens with zero attached hydrogens (tertiary/aromatic N) is 1. The highest BCUT2D eigenvalue weighted by atomic mass is 14.8. The number of hydrogen-bond donors (Lipinski definition) is 0.